The van der Waals surface area contributed by atoms with Crippen LogP contribution in [0.2, 0.25) is 0 Å². The highest BCUT2D eigenvalue weighted by atomic mass is 32.2. The van der Waals surface area contributed by atoms with E-state index in [1.807, 2.05) is 24.3 Å². The van der Waals surface area contributed by atoms with Crippen LogP contribution in [0, 0.1) is 0 Å². The van der Waals surface area contributed by atoms with E-state index in [9.17, 15) is 4.79 Å². The van der Waals surface area contributed by atoms with Crippen molar-refractivity contribution in [3.8, 4) is 5.75 Å². The van der Waals surface area contributed by atoms with Gasteiger partial charge in [0.2, 0.25) is 0 Å². The summed E-state index contributed by atoms with van der Waals surface area (Å²) in [6.07, 6.45) is 1.78. The van der Waals surface area contributed by atoms with Gasteiger partial charge >= 0.3 is 0 Å². The topological polar surface area (TPSA) is 41.9 Å². The number of amides is 1. The largest absolute Gasteiger partial charge is 0.496 e. The maximum absolute atomic E-state index is 12.1. The fraction of sp³-hybridized carbons (Fsp3) is 0.231. The molecule has 2 aliphatic rings. The van der Waals surface area contributed by atoms with Crippen LogP contribution in [-0.4, -0.2) is 35.4 Å². The summed E-state index contributed by atoms with van der Waals surface area (Å²) in [5.41, 5.74) is 1.36. The van der Waals surface area contributed by atoms with Crippen LogP contribution in [0.25, 0.3) is 6.08 Å². The first-order valence-corrected chi connectivity index (χ1v) is 6.66. The molecular weight excluding hydrogens is 248 g/mol. The van der Waals surface area contributed by atoms with E-state index in [0.717, 1.165) is 28.8 Å². The molecule has 1 saturated heterocycles. The highest BCUT2D eigenvalue weighted by molar-refractivity contribution is 8.14. The van der Waals surface area contributed by atoms with E-state index in [0.29, 0.717) is 5.70 Å². The van der Waals surface area contributed by atoms with Crippen molar-refractivity contribution >= 4 is 28.9 Å². The Morgan fingerprint density at radius 3 is 3.06 bits per heavy atom. The van der Waals surface area contributed by atoms with Crippen molar-refractivity contribution in [2.24, 2.45) is 4.99 Å². The van der Waals surface area contributed by atoms with Gasteiger partial charge in [-0.3, -0.25) is 9.69 Å². The van der Waals surface area contributed by atoms with Gasteiger partial charge in [0.25, 0.3) is 5.91 Å². The fourth-order valence-corrected chi connectivity index (χ4v) is 2.95. The summed E-state index contributed by atoms with van der Waals surface area (Å²) in [4.78, 5) is 18.2. The van der Waals surface area contributed by atoms with Crippen molar-refractivity contribution < 1.29 is 9.53 Å². The highest BCUT2D eigenvalue weighted by Crippen LogP contribution is 2.29. The summed E-state index contributed by atoms with van der Waals surface area (Å²) in [6, 6.07) is 7.60. The molecule has 0 bridgehead atoms. The van der Waals surface area contributed by atoms with E-state index in [1.165, 1.54) is 0 Å². The van der Waals surface area contributed by atoms with E-state index in [2.05, 4.69) is 4.99 Å². The summed E-state index contributed by atoms with van der Waals surface area (Å²) in [6.45, 7) is 0.756. The first-order valence-electron chi connectivity index (χ1n) is 5.67. The van der Waals surface area contributed by atoms with E-state index in [4.69, 9.17) is 4.74 Å². The molecule has 18 heavy (non-hydrogen) atoms. The van der Waals surface area contributed by atoms with E-state index in [-0.39, 0.29) is 5.91 Å². The average Bonchev–Trinajstić information content (AvgIpc) is 2.95. The van der Waals surface area contributed by atoms with Gasteiger partial charge in [-0.05, 0) is 12.1 Å². The molecule has 0 unspecified atom stereocenters. The van der Waals surface area contributed by atoms with Crippen molar-refractivity contribution in [2.75, 3.05) is 19.4 Å². The summed E-state index contributed by atoms with van der Waals surface area (Å²) < 4.78 is 5.26. The lowest BCUT2D eigenvalue weighted by Gasteiger charge is -2.07. The number of rotatable bonds is 2. The predicted molar refractivity (Wildman–Crippen MR) is 72.6 cm³/mol. The number of methoxy groups -OCH3 is 1. The minimum atomic E-state index is -0.0130. The number of nitrogens with zero attached hydrogens (tertiary/aromatic N) is 2. The third kappa shape index (κ3) is 1.80. The number of ether oxygens (including phenoxy) is 1. The molecule has 92 valence electrons. The smallest absolute Gasteiger partial charge is 0.278 e. The maximum Gasteiger partial charge on any atom is 0.278 e. The molecule has 4 nitrogen and oxygen atoms in total. The first-order chi connectivity index (χ1) is 8.79. The number of hydrogen-bond acceptors (Lipinski definition) is 4. The van der Waals surface area contributed by atoms with Gasteiger partial charge in [-0.1, -0.05) is 30.0 Å². The second kappa shape index (κ2) is 4.49. The van der Waals surface area contributed by atoms with E-state index in [1.54, 1.807) is 29.8 Å². The van der Waals surface area contributed by atoms with E-state index < -0.39 is 0 Å². The zero-order valence-corrected chi connectivity index (χ0v) is 10.7. The lowest BCUT2D eigenvalue weighted by Crippen LogP contribution is -2.26. The molecule has 0 atom stereocenters. The summed E-state index contributed by atoms with van der Waals surface area (Å²) in [5, 5.41) is 0.821. The van der Waals surface area contributed by atoms with Crippen LogP contribution in [-0.2, 0) is 4.79 Å². The van der Waals surface area contributed by atoms with Gasteiger partial charge in [-0.15, -0.1) is 0 Å². The lowest BCUT2D eigenvalue weighted by atomic mass is 10.1. The quantitative estimate of drug-likeness (QED) is 0.764. The number of carbonyl (C=O) groups excluding carboxylic acids is 1. The standard InChI is InChI=1S/C13H12N2O2S/c1-17-11-5-3-2-4-9(11)8-10-12(16)15-6-7-18-13(15)14-10/h2-5,8H,6-7H2,1H3/b10-8-. The molecular formula is C13H12N2O2S. The van der Waals surface area contributed by atoms with Crippen LogP contribution in [0.15, 0.2) is 35.0 Å². The molecule has 1 aromatic carbocycles. The minimum absolute atomic E-state index is 0.0130. The van der Waals surface area contributed by atoms with Crippen LogP contribution >= 0.6 is 11.8 Å². The molecule has 0 N–H and O–H groups in total. The molecule has 2 heterocycles. The third-order valence-electron chi connectivity index (χ3n) is 2.89. The molecule has 3 rings (SSSR count). The second-order valence-electron chi connectivity index (χ2n) is 3.97. The van der Waals surface area contributed by atoms with Gasteiger partial charge in [0.05, 0.1) is 7.11 Å². The Morgan fingerprint density at radius 1 is 1.44 bits per heavy atom. The Morgan fingerprint density at radius 2 is 2.28 bits per heavy atom. The number of para-hydroxylation sites is 1. The van der Waals surface area contributed by atoms with Crippen molar-refractivity contribution in [1.29, 1.82) is 0 Å². The van der Waals surface area contributed by atoms with Crippen LogP contribution < -0.4 is 4.74 Å². The molecule has 0 radical (unpaired) electrons. The maximum atomic E-state index is 12.1. The number of amidine groups is 1. The molecule has 0 aromatic heterocycles. The van der Waals surface area contributed by atoms with Crippen LogP contribution in [0.4, 0.5) is 0 Å². The third-order valence-corrected chi connectivity index (χ3v) is 3.85. The van der Waals surface area contributed by atoms with Crippen molar-refractivity contribution in [3.05, 3.63) is 35.5 Å². The zero-order valence-electron chi connectivity index (χ0n) is 9.92. The number of carbonyl (C=O) groups is 1. The molecule has 0 saturated carbocycles. The molecule has 0 spiro atoms. The van der Waals surface area contributed by atoms with Gasteiger partial charge in [0.1, 0.15) is 11.4 Å². The zero-order chi connectivity index (χ0) is 12.5. The number of aliphatic imine (C=N–C) groups is 1. The van der Waals surface area contributed by atoms with Crippen LogP contribution in [0.3, 0.4) is 0 Å². The number of benzene rings is 1. The minimum Gasteiger partial charge on any atom is -0.496 e. The van der Waals surface area contributed by atoms with Gasteiger partial charge in [-0.25, -0.2) is 4.99 Å². The molecule has 1 amide bonds. The molecule has 2 aliphatic heterocycles. The highest BCUT2D eigenvalue weighted by Gasteiger charge is 2.34. The van der Waals surface area contributed by atoms with Gasteiger partial charge in [-0.2, -0.15) is 0 Å². The van der Waals surface area contributed by atoms with Crippen molar-refractivity contribution in [2.45, 2.75) is 0 Å². The fourth-order valence-electron chi connectivity index (χ4n) is 2.00. The number of fused-ring (bicyclic) bond motifs is 1. The Kier molecular flexibility index (Phi) is 2.83. The molecule has 5 heteroatoms. The average molecular weight is 260 g/mol. The SMILES string of the molecule is COc1ccccc1/C=C1\N=C2SCCN2C1=O. The van der Waals surface area contributed by atoms with Crippen molar-refractivity contribution in [1.82, 2.24) is 4.90 Å². The van der Waals surface area contributed by atoms with Gasteiger partial charge in [0.15, 0.2) is 5.17 Å². The van der Waals surface area contributed by atoms with E-state index >= 15 is 0 Å². The van der Waals surface area contributed by atoms with Gasteiger partial charge in [0, 0.05) is 17.9 Å². The second-order valence-corrected chi connectivity index (χ2v) is 5.03. The summed E-state index contributed by atoms with van der Waals surface area (Å²) in [7, 11) is 1.62. The van der Waals surface area contributed by atoms with Crippen molar-refractivity contribution in [3.63, 3.8) is 0 Å². The summed E-state index contributed by atoms with van der Waals surface area (Å²) >= 11 is 1.62. The molecule has 1 aromatic rings. The lowest BCUT2D eigenvalue weighted by molar-refractivity contribution is -0.122. The normalized spacial score (nSPS) is 20.3. The molecule has 1 fully saturated rings. The predicted octanol–water partition coefficient (Wildman–Crippen LogP) is 1.98. The van der Waals surface area contributed by atoms with Crippen LogP contribution in [0.1, 0.15) is 5.56 Å². The Labute approximate surface area is 109 Å². The van der Waals surface area contributed by atoms with Crippen LogP contribution in [0.5, 0.6) is 5.75 Å². The number of thioether (sulfide) groups is 1. The summed E-state index contributed by atoms with van der Waals surface area (Å²) in [5.74, 6) is 1.67. The molecule has 0 aliphatic carbocycles. The first kappa shape index (κ1) is 11.3. The Hall–Kier alpha value is -1.75. The monoisotopic (exact) mass is 260 g/mol. The Balaban J connectivity index is 1.98. The van der Waals surface area contributed by atoms with Gasteiger partial charge < -0.3 is 4.74 Å². The Bertz CT molecular complexity index is 566. The number of hydrogen-bond donors (Lipinski definition) is 0.